The van der Waals surface area contributed by atoms with Crippen LogP contribution >= 0.6 is 0 Å². The van der Waals surface area contributed by atoms with Gasteiger partial charge in [-0.3, -0.25) is 4.79 Å². The van der Waals surface area contributed by atoms with Gasteiger partial charge in [0.25, 0.3) is 0 Å². The second kappa shape index (κ2) is 5.97. The third-order valence-corrected chi connectivity index (χ3v) is 3.95. The van der Waals surface area contributed by atoms with Crippen LogP contribution in [0.2, 0.25) is 0 Å². The molecule has 0 bridgehead atoms. The molecule has 94 valence electrons. The molecule has 0 atom stereocenters. The van der Waals surface area contributed by atoms with E-state index in [1.54, 1.807) is 0 Å². The second-order valence-corrected chi connectivity index (χ2v) is 4.72. The van der Waals surface area contributed by atoms with Crippen molar-refractivity contribution in [1.82, 2.24) is 0 Å². The maximum atomic E-state index is 12.4. The van der Waals surface area contributed by atoms with Gasteiger partial charge in [-0.15, -0.1) is 0 Å². The molecule has 0 unspecified atom stereocenters. The second-order valence-electron chi connectivity index (χ2n) is 4.72. The highest BCUT2D eigenvalue weighted by Gasteiger charge is 2.32. The third kappa shape index (κ3) is 2.95. The summed E-state index contributed by atoms with van der Waals surface area (Å²) in [5.74, 6) is 0.277. The van der Waals surface area contributed by atoms with Crippen molar-refractivity contribution in [2.24, 2.45) is 11.1 Å². The fourth-order valence-electron chi connectivity index (χ4n) is 2.22. The van der Waals surface area contributed by atoms with Gasteiger partial charge in [-0.1, -0.05) is 38.1 Å². The van der Waals surface area contributed by atoms with Crippen LogP contribution in [0.1, 0.15) is 37.8 Å². The lowest BCUT2D eigenvalue weighted by atomic mass is 9.76. The molecule has 0 heterocycles. The van der Waals surface area contributed by atoms with Crippen molar-refractivity contribution in [2.75, 3.05) is 6.54 Å². The first kappa shape index (κ1) is 13.9. The summed E-state index contributed by atoms with van der Waals surface area (Å²) in [6.07, 6.45) is 2.15. The Hall–Kier alpha value is -1.15. The molecule has 2 nitrogen and oxygen atoms in total. The van der Waals surface area contributed by atoms with E-state index in [9.17, 15) is 4.79 Å². The minimum absolute atomic E-state index is 0.277. The molecule has 0 saturated heterocycles. The molecule has 0 fully saturated rings. The number of hydrogen-bond acceptors (Lipinski definition) is 2. The number of rotatable bonds is 6. The number of ketones is 1. The zero-order valence-electron chi connectivity index (χ0n) is 11.1. The number of Topliss-reactive ketones (excluding diaryl/α,β-unsaturated/α-hetero) is 1. The first-order valence-electron chi connectivity index (χ1n) is 6.37. The third-order valence-electron chi connectivity index (χ3n) is 3.95. The minimum Gasteiger partial charge on any atom is -0.329 e. The van der Waals surface area contributed by atoms with E-state index in [1.165, 1.54) is 5.56 Å². The Labute approximate surface area is 104 Å². The predicted octanol–water partition coefficient (Wildman–Crippen LogP) is 2.87. The normalized spacial score (nSPS) is 11.5. The van der Waals surface area contributed by atoms with Crippen LogP contribution in [0.4, 0.5) is 0 Å². The molecule has 0 radical (unpaired) electrons. The van der Waals surface area contributed by atoms with E-state index in [-0.39, 0.29) is 11.2 Å². The number of hydrogen-bond donors (Lipinski definition) is 1. The number of carbonyl (C=O) groups is 1. The maximum Gasteiger partial charge on any atom is 0.144 e. The van der Waals surface area contributed by atoms with Crippen molar-refractivity contribution in [1.29, 1.82) is 0 Å². The summed E-state index contributed by atoms with van der Waals surface area (Å²) in [7, 11) is 0. The topological polar surface area (TPSA) is 43.1 Å². The minimum atomic E-state index is -0.331. The van der Waals surface area contributed by atoms with Crippen molar-refractivity contribution < 1.29 is 4.79 Å². The maximum absolute atomic E-state index is 12.4. The van der Waals surface area contributed by atoms with E-state index in [4.69, 9.17) is 5.73 Å². The summed E-state index contributed by atoms with van der Waals surface area (Å²) in [5, 5.41) is 0. The summed E-state index contributed by atoms with van der Waals surface area (Å²) in [4.78, 5) is 12.4. The van der Waals surface area contributed by atoms with Crippen molar-refractivity contribution in [2.45, 2.75) is 40.0 Å². The van der Waals surface area contributed by atoms with Crippen molar-refractivity contribution in [3.05, 3.63) is 35.4 Å². The van der Waals surface area contributed by atoms with E-state index >= 15 is 0 Å². The Morgan fingerprint density at radius 2 is 1.82 bits per heavy atom. The number of aryl methyl sites for hydroxylation is 1. The van der Waals surface area contributed by atoms with Gasteiger partial charge in [0, 0.05) is 18.4 Å². The van der Waals surface area contributed by atoms with E-state index in [0.717, 1.165) is 18.4 Å². The molecule has 0 spiro atoms. The fourth-order valence-corrected chi connectivity index (χ4v) is 2.22. The van der Waals surface area contributed by atoms with Gasteiger partial charge >= 0.3 is 0 Å². The summed E-state index contributed by atoms with van der Waals surface area (Å²) < 4.78 is 0. The Morgan fingerprint density at radius 3 is 2.29 bits per heavy atom. The van der Waals surface area contributed by atoms with Crippen molar-refractivity contribution in [3.8, 4) is 0 Å². The number of nitrogens with two attached hydrogens (primary N) is 1. The van der Waals surface area contributed by atoms with Crippen LogP contribution in [0.25, 0.3) is 0 Å². The van der Waals surface area contributed by atoms with Gasteiger partial charge in [-0.05, 0) is 30.9 Å². The van der Waals surface area contributed by atoms with Crippen LogP contribution in [0.3, 0.4) is 0 Å². The average Bonchev–Trinajstić information content (AvgIpc) is 2.35. The highest BCUT2D eigenvalue weighted by atomic mass is 16.1. The Balaban J connectivity index is 2.88. The van der Waals surface area contributed by atoms with Crippen LogP contribution in [0.15, 0.2) is 24.3 Å². The Kier molecular flexibility index (Phi) is 4.88. The smallest absolute Gasteiger partial charge is 0.144 e. The molecule has 17 heavy (non-hydrogen) atoms. The van der Waals surface area contributed by atoms with E-state index in [1.807, 2.05) is 45.0 Å². The van der Waals surface area contributed by atoms with Gasteiger partial charge in [0.15, 0.2) is 0 Å². The first-order chi connectivity index (χ1) is 8.09. The summed E-state index contributed by atoms with van der Waals surface area (Å²) in [6.45, 7) is 6.59. The molecule has 1 aromatic rings. The van der Waals surface area contributed by atoms with Gasteiger partial charge in [-0.25, -0.2) is 0 Å². The summed E-state index contributed by atoms with van der Waals surface area (Å²) in [6, 6.07) is 8.06. The Morgan fingerprint density at radius 1 is 1.24 bits per heavy atom. The molecule has 2 N–H and O–H groups in total. The van der Waals surface area contributed by atoms with Crippen molar-refractivity contribution in [3.63, 3.8) is 0 Å². The molecule has 1 rings (SSSR count). The standard InChI is InChI=1S/C15H23NO/c1-4-15(5-2,11-16)14(17)10-13-9-7-6-8-12(13)3/h6-9H,4-5,10-11,16H2,1-3H3. The van der Waals surface area contributed by atoms with Gasteiger partial charge in [0.2, 0.25) is 0 Å². The van der Waals surface area contributed by atoms with Gasteiger partial charge < -0.3 is 5.73 Å². The molecule has 2 heteroatoms. The van der Waals surface area contributed by atoms with Crippen LogP contribution < -0.4 is 5.73 Å². The zero-order chi connectivity index (χ0) is 12.9. The molecule has 0 aliphatic heterocycles. The van der Waals surface area contributed by atoms with Gasteiger partial charge in [-0.2, -0.15) is 0 Å². The van der Waals surface area contributed by atoms with E-state index in [0.29, 0.717) is 13.0 Å². The summed E-state index contributed by atoms with van der Waals surface area (Å²) in [5.41, 5.74) is 7.77. The van der Waals surface area contributed by atoms with Crippen molar-refractivity contribution >= 4 is 5.78 Å². The van der Waals surface area contributed by atoms with Gasteiger partial charge in [0.05, 0.1) is 0 Å². The molecule has 0 aliphatic rings. The quantitative estimate of drug-likeness (QED) is 0.821. The molecular weight excluding hydrogens is 210 g/mol. The zero-order valence-corrected chi connectivity index (χ0v) is 11.1. The molecule has 0 amide bonds. The molecule has 0 saturated carbocycles. The number of benzene rings is 1. The van der Waals surface area contributed by atoms with Crippen LogP contribution in [0, 0.1) is 12.3 Å². The molecule has 1 aromatic carbocycles. The number of carbonyl (C=O) groups excluding carboxylic acids is 1. The van der Waals surface area contributed by atoms with Crippen LogP contribution in [-0.2, 0) is 11.2 Å². The SMILES string of the molecule is CCC(CC)(CN)C(=O)Cc1ccccc1C. The molecular formula is C15H23NO. The lowest BCUT2D eigenvalue weighted by molar-refractivity contribution is -0.128. The first-order valence-corrected chi connectivity index (χ1v) is 6.37. The fraction of sp³-hybridized carbons (Fsp3) is 0.533. The average molecular weight is 233 g/mol. The van der Waals surface area contributed by atoms with Gasteiger partial charge in [0.1, 0.15) is 5.78 Å². The monoisotopic (exact) mass is 233 g/mol. The van der Waals surface area contributed by atoms with Crippen LogP contribution in [0.5, 0.6) is 0 Å². The lowest BCUT2D eigenvalue weighted by Crippen LogP contribution is -2.38. The Bertz CT molecular complexity index is 372. The highest BCUT2D eigenvalue weighted by Crippen LogP contribution is 2.28. The summed E-state index contributed by atoms with van der Waals surface area (Å²) >= 11 is 0. The van der Waals surface area contributed by atoms with Crippen LogP contribution in [-0.4, -0.2) is 12.3 Å². The highest BCUT2D eigenvalue weighted by molar-refractivity contribution is 5.87. The molecule has 0 aromatic heterocycles. The molecule has 0 aliphatic carbocycles. The van der Waals surface area contributed by atoms with E-state index in [2.05, 4.69) is 0 Å². The lowest BCUT2D eigenvalue weighted by Gasteiger charge is -2.28. The largest absolute Gasteiger partial charge is 0.329 e. The van der Waals surface area contributed by atoms with E-state index < -0.39 is 0 Å². The predicted molar refractivity (Wildman–Crippen MR) is 72.0 cm³/mol.